The van der Waals surface area contributed by atoms with E-state index in [1.807, 2.05) is 12.1 Å². The van der Waals surface area contributed by atoms with E-state index in [1.165, 1.54) is 11.1 Å². The zero-order valence-corrected chi connectivity index (χ0v) is 14.9. The highest BCUT2D eigenvalue weighted by molar-refractivity contribution is 6.04. The molecule has 1 aromatic heterocycles. The molecule has 2 heterocycles. The molecule has 4 rings (SSSR count). The summed E-state index contributed by atoms with van der Waals surface area (Å²) in [7, 11) is 0. The van der Waals surface area contributed by atoms with Gasteiger partial charge in [-0.2, -0.15) is 0 Å². The number of rotatable bonds is 5. The number of benzene rings is 2. The predicted octanol–water partition coefficient (Wildman–Crippen LogP) is 3.98. The Labute approximate surface area is 157 Å². The molecule has 6 heteroatoms. The number of hydrogen-bond acceptors (Lipinski definition) is 5. The number of nitrogens with one attached hydrogen (secondary N) is 2. The van der Waals surface area contributed by atoms with E-state index in [1.54, 1.807) is 24.4 Å². The standard InChI is InChI=1S/C21H19N3O3/c1-14-2-4-15(5-3-14)11-22-20-9-7-17(12-23-20)24-21(25)16-6-8-18-19(10-16)27-13-26-18/h2-10,12H,11,13H2,1H3,(H,22,23)(H,24,25). The van der Waals surface area contributed by atoms with Crippen molar-refractivity contribution in [3.8, 4) is 11.5 Å². The first-order valence-corrected chi connectivity index (χ1v) is 8.64. The third kappa shape index (κ3) is 4.00. The molecule has 2 aromatic carbocycles. The number of ether oxygens (including phenoxy) is 2. The molecule has 2 N–H and O–H groups in total. The van der Waals surface area contributed by atoms with Crippen molar-refractivity contribution < 1.29 is 14.3 Å². The van der Waals surface area contributed by atoms with Crippen molar-refractivity contribution in [1.29, 1.82) is 0 Å². The van der Waals surface area contributed by atoms with E-state index >= 15 is 0 Å². The normalized spacial score (nSPS) is 11.9. The number of pyridine rings is 1. The second-order valence-corrected chi connectivity index (χ2v) is 6.29. The zero-order valence-electron chi connectivity index (χ0n) is 14.9. The average Bonchev–Trinajstić information content (AvgIpc) is 3.16. The maximum atomic E-state index is 12.4. The number of fused-ring (bicyclic) bond motifs is 1. The first-order valence-electron chi connectivity index (χ1n) is 8.64. The molecule has 0 fully saturated rings. The molecule has 0 spiro atoms. The molecule has 0 saturated heterocycles. The Morgan fingerprint density at radius 3 is 2.63 bits per heavy atom. The largest absolute Gasteiger partial charge is 0.454 e. The molecule has 1 aliphatic heterocycles. The summed E-state index contributed by atoms with van der Waals surface area (Å²) >= 11 is 0. The Morgan fingerprint density at radius 1 is 1.04 bits per heavy atom. The first-order chi connectivity index (χ1) is 13.2. The van der Waals surface area contributed by atoms with Gasteiger partial charge in [0.05, 0.1) is 11.9 Å². The number of carbonyl (C=O) groups excluding carboxylic acids is 1. The number of amides is 1. The van der Waals surface area contributed by atoms with Crippen LogP contribution < -0.4 is 20.1 Å². The third-order valence-electron chi connectivity index (χ3n) is 4.25. The number of hydrogen-bond donors (Lipinski definition) is 2. The van der Waals surface area contributed by atoms with E-state index < -0.39 is 0 Å². The fourth-order valence-corrected chi connectivity index (χ4v) is 2.71. The van der Waals surface area contributed by atoms with Gasteiger partial charge in [-0.3, -0.25) is 4.79 Å². The Kier molecular flexibility index (Phi) is 4.61. The Bertz CT molecular complexity index is 953. The van der Waals surface area contributed by atoms with Crippen molar-refractivity contribution in [2.45, 2.75) is 13.5 Å². The summed E-state index contributed by atoms with van der Waals surface area (Å²) in [5.74, 6) is 1.75. The van der Waals surface area contributed by atoms with E-state index in [2.05, 4.69) is 46.8 Å². The Balaban J connectivity index is 1.36. The van der Waals surface area contributed by atoms with Crippen molar-refractivity contribution in [2.75, 3.05) is 17.4 Å². The summed E-state index contributed by atoms with van der Waals surface area (Å²) in [5, 5.41) is 6.10. The van der Waals surface area contributed by atoms with Crippen molar-refractivity contribution in [3.63, 3.8) is 0 Å². The quantitative estimate of drug-likeness (QED) is 0.719. The van der Waals surface area contributed by atoms with Gasteiger partial charge in [0.1, 0.15) is 5.82 Å². The SMILES string of the molecule is Cc1ccc(CNc2ccc(NC(=O)c3ccc4c(c3)OCO4)cn2)cc1. The number of aromatic nitrogens is 1. The number of carbonyl (C=O) groups is 1. The minimum absolute atomic E-state index is 0.182. The number of aryl methyl sites for hydroxylation is 1. The second-order valence-electron chi connectivity index (χ2n) is 6.29. The summed E-state index contributed by atoms with van der Waals surface area (Å²) in [5.41, 5.74) is 3.54. The van der Waals surface area contributed by atoms with Crippen LogP contribution in [0.5, 0.6) is 11.5 Å². The lowest BCUT2D eigenvalue weighted by atomic mass is 10.1. The number of anilines is 2. The highest BCUT2D eigenvalue weighted by Crippen LogP contribution is 2.32. The van der Waals surface area contributed by atoms with Crippen LogP contribution in [-0.4, -0.2) is 17.7 Å². The predicted molar refractivity (Wildman–Crippen MR) is 103 cm³/mol. The monoisotopic (exact) mass is 361 g/mol. The molecule has 0 atom stereocenters. The van der Waals surface area contributed by atoms with Crippen molar-refractivity contribution >= 4 is 17.4 Å². The topological polar surface area (TPSA) is 72.5 Å². The summed E-state index contributed by atoms with van der Waals surface area (Å²) in [6.07, 6.45) is 1.63. The maximum Gasteiger partial charge on any atom is 0.255 e. The van der Waals surface area contributed by atoms with Gasteiger partial charge in [0.15, 0.2) is 11.5 Å². The molecule has 0 bridgehead atoms. The summed E-state index contributed by atoms with van der Waals surface area (Å²) in [6.45, 7) is 2.94. The molecule has 0 saturated carbocycles. The van der Waals surface area contributed by atoms with Gasteiger partial charge in [0, 0.05) is 12.1 Å². The van der Waals surface area contributed by atoms with Crippen LogP contribution in [0.15, 0.2) is 60.8 Å². The lowest BCUT2D eigenvalue weighted by molar-refractivity contribution is 0.102. The van der Waals surface area contributed by atoms with E-state index in [-0.39, 0.29) is 12.7 Å². The minimum atomic E-state index is -0.226. The van der Waals surface area contributed by atoms with E-state index in [9.17, 15) is 4.79 Å². The van der Waals surface area contributed by atoms with Crippen molar-refractivity contribution in [3.05, 3.63) is 77.5 Å². The molecule has 0 aliphatic carbocycles. The lowest BCUT2D eigenvalue weighted by Gasteiger charge is -2.08. The molecular formula is C21H19N3O3. The average molecular weight is 361 g/mol. The van der Waals surface area contributed by atoms with Crippen LogP contribution in [0.3, 0.4) is 0 Å². The van der Waals surface area contributed by atoms with Gasteiger partial charge in [0.2, 0.25) is 6.79 Å². The highest BCUT2D eigenvalue weighted by atomic mass is 16.7. The Morgan fingerprint density at radius 2 is 1.85 bits per heavy atom. The third-order valence-corrected chi connectivity index (χ3v) is 4.25. The molecule has 136 valence electrons. The van der Waals surface area contributed by atoms with Crippen LogP contribution in [0.4, 0.5) is 11.5 Å². The van der Waals surface area contributed by atoms with Gasteiger partial charge < -0.3 is 20.1 Å². The second kappa shape index (κ2) is 7.37. The van der Waals surface area contributed by atoms with Crippen LogP contribution >= 0.6 is 0 Å². The van der Waals surface area contributed by atoms with E-state index in [0.29, 0.717) is 29.3 Å². The maximum absolute atomic E-state index is 12.4. The zero-order chi connectivity index (χ0) is 18.6. The molecule has 1 aliphatic rings. The molecule has 0 unspecified atom stereocenters. The molecular weight excluding hydrogens is 342 g/mol. The van der Waals surface area contributed by atoms with Gasteiger partial charge in [-0.1, -0.05) is 29.8 Å². The van der Waals surface area contributed by atoms with Gasteiger partial charge in [-0.05, 0) is 42.8 Å². The van der Waals surface area contributed by atoms with Gasteiger partial charge in [0.25, 0.3) is 5.91 Å². The van der Waals surface area contributed by atoms with Crippen LogP contribution in [0.2, 0.25) is 0 Å². The van der Waals surface area contributed by atoms with Crippen LogP contribution in [0.1, 0.15) is 21.5 Å². The number of nitrogens with zero attached hydrogens (tertiary/aromatic N) is 1. The van der Waals surface area contributed by atoms with Gasteiger partial charge in [-0.15, -0.1) is 0 Å². The first kappa shape index (κ1) is 16.9. The highest BCUT2D eigenvalue weighted by Gasteiger charge is 2.16. The minimum Gasteiger partial charge on any atom is -0.454 e. The fraction of sp³-hybridized carbons (Fsp3) is 0.143. The lowest BCUT2D eigenvalue weighted by Crippen LogP contribution is -2.12. The molecule has 27 heavy (non-hydrogen) atoms. The van der Waals surface area contributed by atoms with E-state index in [4.69, 9.17) is 9.47 Å². The van der Waals surface area contributed by atoms with Gasteiger partial charge in [-0.25, -0.2) is 4.98 Å². The van der Waals surface area contributed by atoms with Crippen molar-refractivity contribution in [1.82, 2.24) is 4.98 Å². The Hall–Kier alpha value is -3.54. The summed E-state index contributed by atoms with van der Waals surface area (Å²) in [6, 6.07) is 17.1. The van der Waals surface area contributed by atoms with E-state index in [0.717, 1.165) is 5.82 Å². The molecule has 1 amide bonds. The molecule has 6 nitrogen and oxygen atoms in total. The summed E-state index contributed by atoms with van der Waals surface area (Å²) < 4.78 is 10.6. The fourth-order valence-electron chi connectivity index (χ4n) is 2.71. The smallest absolute Gasteiger partial charge is 0.255 e. The van der Waals surface area contributed by atoms with Crippen LogP contribution in [0.25, 0.3) is 0 Å². The van der Waals surface area contributed by atoms with Crippen molar-refractivity contribution in [2.24, 2.45) is 0 Å². The summed E-state index contributed by atoms with van der Waals surface area (Å²) in [4.78, 5) is 16.7. The van der Waals surface area contributed by atoms with Crippen LogP contribution in [0, 0.1) is 6.92 Å². The van der Waals surface area contributed by atoms with Gasteiger partial charge >= 0.3 is 0 Å². The van der Waals surface area contributed by atoms with Crippen LogP contribution in [-0.2, 0) is 6.54 Å². The molecule has 0 radical (unpaired) electrons. The molecule has 3 aromatic rings.